The van der Waals surface area contributed by atoms with E-state index in [4.69, 9.17) is 4.74 Å². The van der Waals surface area contributed by atoms with Crippen LogP contribution in [0.15, 0.2) is 78.9 Å². The molecule has 0 bridgehead atoms. The maximum atomic E-state index is 13.2. The van der Waals surface area contributed by atoms with Crippen LogP contribution >= 0.6 is 0 Å². The summed E-state index contributed by atoms with van der Waals surface area (Å²) in [5, 5.41) is 16.2. The van der Waals surface area contributed by atoms with Gasteiger partial charge in [0.2, 0.25) is 11.8 Å². The third kappa shape index (κ3) is 7.33. The molecule has 4 amide bonds. The van der Waals surface area contributed by atoms with Crippen molar-refractivity contribution >= 4 is 40.9 Å². The number of aliphatic carboxylic acids is 1. The summed E-state index contributed by atoms with van der Waals surface area (Å²) in [5.74, 6) is -2.45. The van der Waals surface area contributed by atoms with Gasteiger partial charge in [-0.05, 0) is 42.0 Å². The summed E-state index contributed by atoms with van der Waals surface area (Å²) in [7, 11) is 3.11. The molecule has 0 aliphatic heterocycles. The van der Waals surface area contributed by atoms with Crippen molar-refractivity contribution in [1.82, 2.24) is 5.32 Å². The van der Waals surface area contributed by atoms with Gasteiger partial charge in [-0.15, -0.1) is 0 Å². The van der Waals surface area contributed by atoms with Crippen LogP contribution < -0.4 is 30.3 Å². The summed E-state index contributed by atoms with van der Waals surface area (Å²) in [6, 6.07) is 21.4. The first kappa shape index (κ1) is 27.7. The molecule has 0 heterocycles. The number of para-hydroxylation sites is 1. The zero-order chi connectivity index (χ0) is 27.7. The minimum Gasteiger partial charge on any atom is -0.550 e. The minimum atomic E-state index is -1.23. The van der Waals surface area contributed by atoms with Crippen LogP contribution in [0.5, 0.6) is 5.75 Å². The molecule has 2 N–H and O–H groups in total. The monoisotopic (exact) mass is 517 g/mol. The van der Waals surface area contributed by atoms with E-state index in [2.05, 4.69) is 10.6 Å². The van der Waals surface area contributed by atoms with Crippen LogP contribution in [0.2, 0.25) is 0 Å². The van der Waals surface area contributed by atoms with Crippen molar-refractivity contribution in [3.8, 4) is 5.75 Å². The zero-order valence-electron chi connectivity index (χ0n) is 21.3. The van der Waals surface area contributed by atoms with Crippen molar-refractivity contribution in [3.05, 3.63) is 84.4 Å². The first-order valence-corrected chi connectivity index (χ1v) is 11.8. The normalized spacial score (nSPS) is 11.1. The molecule has 10 nitrogen and oxygen atoms in total. The van der Waals surface area contributed by atoms with E-state index in [1.54, 1.807) is 61.6 Å². The Hall–Kier alpha value is -4.86. The molecule has 0 spiro atoms. The number of nitrogens with zero attached hydrogens (tertiary/aromatic N) is 2. The molecule has 1 atom stereocenters. The number of methoxy groups -OCH3 is 1. The lowest BCUT2D eigenvalue weighted by Crippen LogP contribution is -2.46. The molecule has 198 valence electrons. The van der Waals surface area contributed by atoms with Crippen molar-refractivity contribution in [3.63, 3.8) is 0 Å². The highest BCUT2D eigenvalue weighted by molar-refractivity contribution is 6.05. The van der Waals surface area contributed by atoms with Gasteiger partial charge in [0.1, 0.15) is 12.3 Å². The van der Waals surface area contributed by atoms with E-state index in [1.807, 2.05) is 18.2 Å². The van der Waals surface area contributed by atoms with E-state index in [-0.39, 0.29) is 12.5 Å². The van der Waals surface area contributed by atoms with Crippen molar-refractivity contribution in [1.29, 1.82) is 0 Å². The molecule has 0 aliphatic carbocycles. The summed E-state index contributed by atoms with van der Waals surface area (Å²) >= 11 is 0. The SMILES string of the molecule is COc1cccc(N(CC(=O)N(C)c2ccccc2)C(=O)CNC(=O)Nc2cccc(C(C)C(=O)[O-])c2)c1. The molecule has 3 aromatic carbocycles. The predicted molar refractivity (Wildman–Crippen MR) is 142 cm³/mol. The van der Waals surface area contributed by atoms with Crippen molar-refractivity contribution in [2.24, 2.45) is 0 Å². The number of carboxylic acids is 1. The van der Waals surface area contributed by atoms with E-state index in [9.17, 15) is 24.3 Å². The number of hydrogen-bond donors (Lipinski definition) is 2. The fourth-order valence-electron chi connectivity index (χ4n) is 3.59. The second-order valence-electron chi connectivity index (χ2n) is 8.44. The number of carbonyl (C=O) groups is 4. The fourth-order valence-corrected chi connectivity index (χ4v) is 3.59. The molecule has 0 radical (unpaired) electrons. The molecule has 0 saturated carbocycles. The maximum absolute atomic E-state index is 13.2. The molecule has 0 aliphatic rings. The summed E-state index contributed by atoms with van der Waals surface area (Å²) < 4.78 is 5.26. The second kappa shape index (κ2) is 12.9. The van der Waals surface area contributed by atoms with Crippen molar-refractivity contribution in [2.75, 3.05) is 42.4 Å². The number of hydrogen-bond acceptors (Lipinski definition) is 6. The number of amides is 4. The fraction of sp³-hybridized carbons (Fsp3) is 0.214. The number of rotatable bonds is 10. The summed E-state index contributed by atoms with van der Waals surface area (Å²) in [5.41, 5.74) is 1.91. The Kier molecular flexibility index (Phi) is 9.42. The molecular formula is C28H29N4O6-. The third-order valence-electron chi connectivity index (χ3n) is 5.88. The number of carbonyl (C=O) groups excluding carboxylic acids is 4. The van der Waals surface area contributed by atoms with Crippen LogP contribution in [0.4, 0.5) is 21.9 Å². The van der Waals surface area contributed by atoms with Gasteiger partial charge in [-0.3, -0.25) is 9.59 Å². The van der Waals surface area contributed by atoms with Crippen molar-refractivity contribution in [2.45, 2.75) is 12.8 Å². The summed E-state index contributed by atoms with van der Waals surface area (Å²) in [6.45, 7) is 0.807. The van der Waals surface area contributed by atoms with Crippen LogP contribution in [-0.4, -0.2) is 51.1 Å². The van der Waals surface area contributed by atoms with Gasteiger partial charge in [0.15, 0.2) is 0 Å². The lowest BCUT2D eigenvalue weighted by Gasteiger charge is -2.26. The van der Waals surface area contributed by atoms with E-state index < -0.39 is 30.4 Å². The van der Waals surface area contributed by atoms with Gasteiger partial charge in [0.25, 0.3) is 0 Å². The molecule has 10 heteroatoms. The van der Waals surface area contributed by atoms with E-state index in [1.165, 1.54) is 29.9 Å². The number of urea groups is 1. The summed E-state index contributed by atoms with van der Waals surface area (Å²) in [4.78, 5) is 52.6. The van der Waals surface area contributed by atoms with Gasteiger partial charge in [-0.2, -0.15) is 0 Å². The number of carboxylic acid groups (broad SMARTS) is 1. The van der Waals surface area contributed by atoms with Gasteiger partial charge in [-0.25, -0.2) is 4.79 Å². The molecular weight excluding hydrogens is 488 g/mol. The largest absolute Gasteiger partial charge is 0.550 e. The zero-order valence-corrected chi connectivity index (χ0v) is 21.3. The Bertz CT molecular complexity index is 1300. The van der Waals surface area contributed by atoms with Gasteiger partial charge >= 0.3 is 6.03 Å². The highest BCUT2D eigenvalue weighted by Gasteiger charge is 2.23. The van der Waals surface area contributed by atoms with E-state index in [0.717, 1.165) is 0 Å². The van der Waals surface area contributed by atoms with Crippen LogP contribution in [0, 0.1) is 0 Å². The third-order valence-corrected chi connectivity index (χ3v) is 5.88. The Balaban J connectivity index is 1.71. The van der Waals surface area contributed by atoms with Gasteiger partial charge in [0, 0.05) is 42.1 Å². The number of anilines is 3. The minimum absolute atomic E-state index is 0.274. The summed E-state index contributed by atoms with van der Waals surface area (Å²) in [6.07, 6.45) is 0. The molecule has 3 rings (SSSR count). The molecule has 0 aromatic heterocycles. The van der Waals surface area contributed by atoms with Crippen LogP contribution in [0.25, 0.3) is 0 Å². The van der Waals surface area contributed by atoms with Gasteiger partial charge in [0.05, 0.1) is 13.7 Å². The number of ether oxygens (including phenoxy) is 1. The highest BCUT2D eigenvalue weighted by atomic mass is 16.5. The Morgan fingerprint density at radius 2 is 1.58 bits per heavy atom. The predicted octanol–water partition coefficient (Wildman–Crippen LogP) is 2.37. The average molecular weight is 518 g/mol. The van der Waals surface area contributed by atoms with Gasteiger partial charge < -0.3 is 35.1 Å². The van der Waals surface area contributed by atoms with E-state index >= 15 is 0 Å². The Morgan fingerprint density at radius 3 is 2.26 bits per heavy atom. The molecule has 38 heavy (non-hydrogen) atoms. The molecule has 3 aromatic rings. The lowest BCUT2D eigenvalue weighted by molar-refractivity contribution is -0.307. The quantitative estimate of drug-likeness (QED) is 0.425. The Morgan fingerprint density at radius 1 is 0.895 bits per heavy atom. The molecule has 1 unspecified atom stereocenters. The molecule has 0 saturated heterocycles. The second-order valence-corrected chi connectivity index (χ2v) is 8.44. The number of benzene rings is 3. The average Bonchev–Trinajstić information content (AvgIpc) is 2.94. The molecule has 0 fully saturated rings. The van der Waals surface area contributed by atoms with Crippen LogP contribution in [-0.2, 0) is 14.4 Å². The van der Waals surface area contributed by atoms with Crippen LogP contribution in [0.3, 0.4) is 0 Å². The first-order valence-electron chi connectivity index (χ1n) is 11.8. The first-order chi connectivity index (χ1) is 18.2. The smallest absolute Gasteiger partial charge is 0.319 e. The topological polar surface area (TPSA) is 131 Å². The van der Waals surface area contributed by atoms with E-state index in [0.29, 0.717) is 28.4 Å². The number of nitrogens with one attached hydrogen (secondary N) is 2. The standard InChI is InChI=1S/C28H30N4O6/c1-19(27(35)36)20-9-7-10-21(15-20)30-28(37)29-17-25(33)32(23-13-8-14-24(16-23)38-3)18-26(34)31(2)22-11-5-4-6-12-22/h4-16,19H,17-18H2,1-3H3,(H,35,36)(H2,29,30,37)/p-1. The number of likely N-dealkylation sites (N-methyl/N-ethyl adjacent to an activating group) is 1. The van der Waals surface area contributed by atoms with Crippen LogP contribution in [0.1, 0.15) is 18.4 Å². The van der Waals surface area contributed by atoms with Gasteiger partial charge in [-0.1, -0.05) is 43.3 Å². The highest BCUT2D eigenvalue weighted by Crippen LogP contribution is 2.22. The lowest BCUT2D eigenvalue weighted by atomic mass is 10.0. The Labute approximate surface area is 220 Å². The van der Waals surface area contributed by atoms with Crippen molar-refractivity contribution < 1.29 is 29.0 Å². The maximum Gasteiger partial charge on any atom is 0.319 e.